The van der Waals surface area contributed by atoms with Gasteiger partial charge in [0, 0.05) is 31.0 Å². The second kappa shape index (κ2) is 5.22. The molecule has 0 aromatic carbocycles. The van der Waals surface area contributed by atoms with Crippen molar-refractivity contribution >= 4 is 22.5 Å². The van der Waals surface area contributed by atoms with E-state index < -0.39 is 12.2 Å². The molecule has 7 heteroatoms. The average Bonchev–Trinajstić information content (AvgIpc) is 3.11. The molecule has 7 nitrogen and oxygen atoms in total. The zero-order valence-electron chi connectivity index (χ0n) is 12.3. The Kier molecular flexibility index (Phi) is 3.17. The first-order valence-electron chi connectivity index (χ1n) is 7.43. The molecule has 118 valence electrons. The number of pyridine rings is 2. The van der Waals surface area contributed by atoms with Crippen LogP contribution in [0.15, 0.2) is 36.7 Å². The molecule has 4 rings (SSSR count). The van der Waals surface area contributed by atoms with Gasteiger partial charge in [0.05, 0.1) is 29.0 Å². The van der Waals surface area contributed by atoms with E-state index in [9.17, 15) is 10.2 Å². The number of nitrogens with zero attached hydrogens (tertiary/aromatic N) is 3. The molecule has 23 heavy (non-hydrogen) atoms. The van der Waals surface area contributed by atoms with Crippen LogP contribution in [-0.2, 0) is 0 Å². The Labute approximate surface area is 132 Å². The van der Waals surface area contributed by atoms with Gasteiger partial charge in [-0.2, -0.15) is 0 Å². The molecule has 1 saturated heterocycles. The van der Waals surface area contributed by atoms with Gasteiger partial charge in [0.15, 0.2) is 0 Å². The van der Waals surface area contributed by atoms with Gasteiger partial charge in [-0.15, -0.1) is 0 Å². The minimum Gasteiger partial charge on any atom is -0.389 e. The number of aromatic nitrogens is 3. The van der Waals surface area contributed by atoms with Crippen molar-refractivity contribution in [3.63, 3.8) is 0 Å². The smallest absolute Gasteiger partial charge is 0.140 e. The predicted molar refractivity (Wildman–Crippen MR) is 88.0 cm³/mol. The van der Waals surface area contributed by atoms with Crippen LogP contribution in [0.5, 0.6) is 0 Å². The molecule has 3 aromatic rings. The largest absolute Gasteiger partial charge is 0.389 e. The number of nitrogens with two attached hydrogens (primary N) is 1. The average molecular weight is 311 g/mol. The summed E-state index contributed by atoms with van der Waals surface area (Å²) in [4.78, 5) is 13.8. The molecule has 5 N–H and O–H groups in total. The topological polar surface area (TPSA) is 111 Å². The van der Waals surface area contributed by atoms with Crippen LogP contribution >= 0.6 is 0 Å². The van der Waals surface area contributed by atoms with Crippen molar-refractivity contribution in [3.8, 4) is 11.3 Å². The first kappa shape index (κ1) is 14.0. The van der Waals surface area contributed by atoms with Crippen LogP contribution in [0.1, 0.15) is 0 Å². The van der Waals surface area contributed by atoms with E-state index in [0.717, 1.165) is 28.0 Å². The van der Waals surface area contributed by atoms with Crippen LogP contribution in [0.2, 0.25) is 0 Å². The van der Waals surface area contributed by atoms with Gasteiger partial charge in [-0.1, -0.05) is 6.07 Å². The third kappa shape index (κ3) is 2.30. The summed E-state index contributed by atoms with van der Waals surface area (Å²) in [6.07, 6.45) is 2.07. The minimum atomic E-state index is -0.744. The summed E-state index contributed by atoms with van der Waals surface area (Å²) in [6.45, 7) is 0.768. The number of aliphatic hydroxyl groups is 2. The van der Waals surface area contributed by atoms with Gasteiger partial charge in [0.25, 0.3) is 0 Å². The number of β-amino-alcohol motifs (C(OH)–C–C–N with tert-alkyl or cyclic N) is 2. The van der Waals surface area contributed by atoms with Crippen LogP contribution in [0, 0.1) is 0 Å². The molecule has 1 aliphatic heterocycles. The standard InChI is InChI=1S/C16H17N5O2/c17-14-3-1-2-10(20-14)9-6-19-16-15(9)11(4-5-18-16)21-7-12(22)13(23)8-21/h1-6,12-13,22-23H,7-8H2,(H2,17,20)(H,18,19)/t12-,13+. The van der Waals surface area contributed by atoms with E-state index in [1.54, 1.807) is 12.3 Å². The fourth-order valence-electron chi connectivity index (χ4n) is 3.07. The van der Waals surface area contributed by atoms with Gasteiger partial charge >= 0.3 is 0 Å². The summed E-state index contributed by atoms with van der Waals surface area (Å²) in [5.41, 5.74) is 9.08. The second-order valence-corrected chi connectivity index (χ2v) is 5.74. The molecule has 0 amide bonds. The lowest BCUT2D eigenvalue weighted by molar-refractivity contribution is 0.0572. The maximum atomic E-state index is 9.83. The molecule has 2 atom stereocenters. The summed E-state index contributed by atoms with van der Waals surface area (Å²) in [5.74, 6) is 0.453. The summed E-state index contributed by atoms with van der Waals surface area (Å²) in [7, 11) is 0. The Hall–Kier alpha value is -2.64. The van der Waals surface area contributed by atoms with E-state index in [4.69, 9.17) is 5.73 Å². The molecule has 3 aromatic heterocycles. The van der Waals surface area contributed by atoms with Gasteiger partial charge in [0.1, 0.15) is 11.5 Å². The number of nitrogen functional groups attached to an aromatic ring is 1. The lowest BCUT2D eigenvalue weighted by Gasteiger charge is -2.19. The minimum absolute atomic E-state index is 0.384. The summed E-state index contributed by atoms with van der Waals surface area (Å²) in [6, 6.07) is 7.38. The van der Waals surface area contributed by atoms with E-state index in [2.05, 4.69) is 15.0 Å². The normalized spacial score (nSPS) is 21.2. The van der Waals surface area contributed by atoms with Gasteiger partial charge < -0.3 is 25.8 Å². The highest BCUT2D eigenvalue weighted by atomic mass is 16.3. The number of nitrogens with one attached hydrogen (secondary N) is 1. The van der Waals surface area contributed by atoms with Crippen molar-refractivity contribution < 1.29 is 10.2 Å². The zero-order chi connectivity index (χ0) is 16.0. The number of rotatable bonds is 2. The highest BCUT2D eigenvalue weighted by molar-refractivity contribution is 6.02. The predicted octanol–water partition coefficient (Wildman–Crippen LogP) is 0.749. The fraction of sp³-hybridized carbons (Fsp3) is 0.250. The molecule has 1 aliphatic rings. The SMILES string of the molecule is Nc1cccc(-c2c[nH]c3nccc(N4C[C@@H](O)[C@@H](O)C4)c23)n1. The molecule has 0 radical (unpaired) electrons. The molecule has 0 unspecified atom stereocenters. The van der Waals surface area contributed by atoms with Gasteiger partial charge in [-0.25, -0.2) is 9.97 Å². The van der Waals surface area contributed by atoms with Crippen molar-refractivity contribution in [2.24, 2.45) is 0 Å². The highest BCUT2D eigenvalue weighted by Gasteiger charge is 2.31. The van der Waals surface area contributed by atoms with Crippen LogP contribution < -0.4 is 10.6 Å². The molecular weight excluding hydrogens is 294 g/mol. The fourth-order valence-corrected chi connectivity index (χ4v) is 3.07. The molecule has 0 bridgehead atoms. The number of aliphatic hydroxyl groups excluding tert-OH is 2. The Bertz CT molecular complexity index is 853. The number of aromatic amines is 1. The molecule has 0 spiro atoms. The van der Waals surface area contributed by atoms with Gasteiger partial charge in [-0.3, -0.25) is 0 Å². The van der Waals surface area contributed by atoms with Crippen LogP contribution in [0.4, 0.5) is 11.5 Å². The van der Waals surface area contributed by atoms with Crippen LogP contribution in [-0.4, -0.2) is 50.5 Å². The summed E-state index contributed by atoms with van der Waals surface area (Å²) >= 11 is 0. The lowest BCUT2D eigenvalue weighted by Crippen LogP contribution is -2.22. The molecule has 4 heterocycles. The third-order valence-electron chi connectivity index (χ3n) is 4.20. The quantitative estimate of drug-likeness (QED) is 0.556. The number of fused-ring (bicyclic) bond motifs is 1. The summed E-state index contributed by atoms with van der Waals surface area (Å²) in [5, 5.41) is 20.6. The van der Waals surface area contributed by atoms with E-state index in [-0.39, 0.29) is 0 Å². The van der Waals surface area contributed by atoms with Crippen molar-refractivity contribution in [1.82, 2.24) is 15.0 Å². The van der Waals surface area contributed by atoms with Crippen molar-refractivity contribution in [3.05, 3.63) is 36.7 Å². The Morgan fingerprint density at radius 1 is 1.17 bits per heavy atom. The van der Waals surface area contributed by atoms with Crippen molar-refractivity contribution in [2.45, 2.75) is 12.2 Å². The van der Waals surface area contributed by atoms with E-state index in [1.807, 2.05) is 29.3 Å². The van der Waals surface area contributed by atoms with Gasteiger partial charge in [0.2, 0.25) is 0 Å². The van der Waals surface area contributed by atoms with Gasteiger partial charge in [-0.05, 0) is 18.2 Å². The number of anilines is 2. The van der Waals surface area contributed by atoms with E-state index in [1.165, 1.54) is 0 Å². The second-order valence-electron chi connectivity index (χ2n) is 5.74. The number of hydrogen-bond donors (Lipinski definition) is 4. The van der Waals surface area contributed by atoms with E-state index in [0.29, 0.717) is 18.9 Å². The first-order valence-corrected chi connectivity index (χ1v) is 7.43. The van der Waals surface area contributed by atoms with Crippen LogP contribution in [0.3, 0.4) is 0 Å². The maximum Gasteiger partial charge on any atom is 0.140 e. The maximum absolute atomic E-state index is 9.83. The Balaban J connectivity index is 1.88. The first-order chi connectivity index (χ1) is 11.1. The van der Waals surface area contributed by atoms with Crippen molar-refractivity contribution in [2.75, 3.05) is 23.7 Å². The van der Waals surface area contributed by atoms with Crippen molar-refractivity contribution in [1.29, 1.82) is 0 Å². The molecule has 0 aliphatic carbocycles. The zero-order valence-corrected chi connectivity index (χ0v) is 12.3. The third-order valence-corrected chi connectivity index (χ3v) is 4.20. The van der Waals surface area contributed by atoms with E-state index >= 15 is 0 Å². The number of hydrogen-bond acceptors (Lipinski definition) is 6. The van der Waals surface area contributed by atoms with Crippen LogP contribution in [0.25, 0.3) is 22.3 Å². The lowest BCUT2D eigenvalue weighted by atomic mass is 10.1. The molecule has 1 fully saturated rings. The highest BCUT2D eigenvalue weighted by Crippen LogP contribution is 2.35. The monoisotopic (exact) mass is 311 g/mol. The molecule has 0 saturated carbocycles. The summed E-state index contributed by atoms with van der Waals surface area (Å²) < 4.78 is 0. The number of H-pyrrole nitrogens is 1. The molecular formula is C16H17N5O2. The Morgan fingerprint density at radius 3 is 2.70 bits per heavy atom. The Morgan fingerprint density at radius 2 is 1.96 bits per heavy atom.